The van der Waals surface area contributed by atoms with Crippen LogP contribution in [0.3, 0.4) is 0 Å². The van der Waals surface area contributed by atoms with Crippen LogP contribution in [0.25, 0.3) is 11.0 Å². The summed E-state index contributed by atoms with van der Waals surface area (Å²) in [6, 6.07) is 1.98. The van der Waals surface area contributed by atoms with Crippen molar-refractivity contribution in [1.29, 1.82) is 0 Å². The number of fused-ring (bicyclic) bond motifs is 1. The number of halogens is 2. The van der Waals surface area contributed by atoms with E-state index in [1.807, 2.05) is 31.6 Å². The lowest BCUT2D eigenvalue weighted by molar-refractivity contribution is 0.0185. The van der Waals surface area contributed by atoms with Gasteiger partial charge in [0.15, 0.2) is 0 Å². The van der Waals surface area contributed by atoms with Gasteiger partial charge in [0.1, 0.15) is 21.8 Å². The largest absolute Gasteiger partial charge is 0.444 e. The van der Waals surface area contributed by atoms with E-state index in [2.05, 4.69) is 26.0 Å². The lowest BCUT2D eigenvalue weighted by Crippen LogP contribution is -2.42. The second kappa shape index (κ2) is 6.52. The molecule has 3 rings (SSSR count). The second-order valence-electron chi connectivity index (χ2n) is 6.97. The first-order valence-electron chi connectivity index (χ1n) is 7.92. The number of ether oxygens (including phenoxy) is 1. The van der Waals surface area contributed by atoms with Crippen LogP contribution in [0.1, 0.15) is 39.7 Å². The van der Waals surface area contributed by atoms with Gasteiger partial charge in [0.25, 0.3) is 0 Å². The minimum Gasteiger partial charge on any atom is -0.444 e. The number of amides is 1. The molecule has 0 spiro atoms. The Morgan fingerprint density at radius 3 is 2.67 bits per heavy atom. The fourth-order valence-corrected chi connectivity index (χ4v) is 3.61. The summed E-state index contributed by atoms with van der Waals surface area (Å²) in [5.74, 6) is 0. The van der Waals surface area contributed by atoms with E-state index in [4.69, 9.17) is 16.3 Å². The summed E-state index contributed by atoms with van der Waals surface area (Å²) in [4.78, 5) is 18.2. The minimum absolute atomic E-state index is 0.239. The molecule has 1 fully saturated rings. The summed E-state index contributed by atoms with van der Waals surface area (Å²) in [6.07, 6.45) is 3.33. The molecule has 0 unspecified atom stereocenters. The van der Waals surface area contributed by atoms with Gasteiger partial charge in [0.2, 0.25) is 0 Å². The van der Waals surface area contributed by atoms with Crippen molar-refractivity contribution in [3.63, 3.8) is 0 Å². The molecule has 0 aromatic carbocycles. The Bertz CT molecular complexity index is 763. The van der Waals surface area contributed by atoms with Crippen molar-refractivity contribution in [3.05, 3.63) is 21.9 Å². The van der Waals surface area contributed by atoms with Gasteiger partial charge in [-0.15, -0.1) is 0 Å². The van der Waals surface area contributed by atoms with Gasteiger partial charge in [-0.3, -0.25) is 4.68 Å². The molecule has 2 aromatic heterocycles. The molecule has 130 valence electrons. The van der Waals surface area contributed by atoms with Crippen molar-refractivity contribution >= 4 is 44.7 Å². The van der Waals surface area contributed by atoms with Crippen LogP contribution < -0.4 is 0 Å². The third kappa shape index (κ3) is 3.83. The van der Waals surface area contributed by atoms with Crippen molar-refractivity contribution < 1.29 is 9.53 Å². The molecular formula is C16H20BrClN4O2. The Morgan fingerprint density at radius 1 is 1.38 bits per heavy atom. The zero-order valence-corrected chi connectivity index (χ0v) is 16.3. The van der Waals surface area contributed by atoms with Crippen molar-refractivity contribution in [2.24, 2.45) is 0 Å². The maximum Gasteiger partial charge on any atom is 0.410 e. The molecule has 24 heavy (non-hydrogen) atoms. The topological polar surface area (TPSA) is 60.2 Å². The third-order valence-corrected chi connectivity index (χ3v) is 4.70. The zero-order valence-electron chi connectivity index (χ0n) is 13.9. The van der Waals surface area contributed by atoms with Crippen LogP contribution >= 0.6 is 27.5 Å². The first kappa shape index (κ1) is 17.5. The van der Waals surface area contributed by atoms with Crippen molar-refractivity contribution in [2.75, 3.05) is 13.1 Å². The number of rotatable bonds is 1. The van der Waals surface area contributed by atoms with Crippen molar-refractivity contribution in [2.45, 2.75) is 45.3 Å². The number of aromatic nitrogens is 3. The number of hydrogen-bond acceptors (Lipinski definition) is 4. The third-order valence-electron chi connectivity index (χ3n) is 3.90. The van der Waals surface area contributed by atoms with Gasteiger partial charge in [-0.05, 0) is 55.6 Å². The molecule has 8 heteroatoms. The van der Waals surface area contributed by atoms with E-state index >= 15 is 0 Å². The number of carbonyl (C=O) groups is 1. The van der Waals surface area contributed by atoms with Gasteiger partial charge in [0.05, 0.1) is 16.7 Å². The Kier molecular flexibility index (Phi) is 4.75. The van der Waals surface area contributed by atoms with Gasteiger partial charge in [-0.1, -0.05) is 11.6 Å². The normalized spacial score (nSPS) is 16.6. The molecule has 0 aliphatic carbocycles. The highest BCUT2D eigenvalue weighted by Gasteiger charge is 2.28. The van der Waals surface area contributed by atoms with Crippen LogP contribution in [0, 0.1) is 0 Å². The average molecular weight is 416 g/mol. The number of piperidine rings is 1. The first-order valence-corrected chi connectivity index (χ1v) is 9.09. The van der Waals surface area contributed by atoms with Gasteiger partial charge in [-0.2, -0.15) is 5.10 Å². The molecule has 1 aliphatic heterocycles. The highest BCUT2D eigenvalue weighted by Crippen LogP contribution is 2.28. The Morgan fingerprint density at radius 2 is 2.04 bits per heavy atom. The fraction of sp³-hybridized carbons (Fsp3) is 0.562. The van der Waals surface area contributed by atoms with Crippen molar-refractivity contribution in [3.8, 4) is 0 Å². The van der Waals surface area contributed by atoms with E-state index in [9.17, 15) is 4.79 Å². The summed E-state index contributed by atoms with van der Waals surface area (Å²) < 4.78 is 8.20. The van der Waals surface area contributed by atoms with E-state index in [1.165, 1.54) is 0 Å². The number of carbonyl (C=O) groups excluding carboxylic acids is 1. The highest BCUT2D eigenvalue weighted by molar-refractivity contribution is 9.10. The molecule has 0 bridgehead atoms. The standard InChI is InChI=1S/C16H20BrClN4O2/c1-16(2,3)24-15(23)21-6-4-10(5-7-21)22-9-12-14(20-22)11(17)8-13(18)19-12/h8-10H,4-7H2,1-3H3. The Balaban J connectivity index is 1.69. The summed E-state index contributed by atoms with van der Waals surface area (Å²) in [7, 11) is 0. The van der Waals surface area contributed by atoms with Crippen LogP contribution in [0.15, 0.2) is 16.7 Å². The van der Waals surface area contributed by atoms with Crippen molar-refractivity contribution in [1.82, 2.24) is 19.7 Å². The average Bonchev–Trinajstić information content (AvgIpc) is 2.90. The molecule has 3 heterocycles. The lowest BCUT2D eigenvalue weighted by atomic mass is 10.1. The van der Waals surface area contributed by atoms with E-state index in [0.717, 1.165) is 28.3 Å². The number of hydrogen-bond donors (Lipinski definition) is 0. The zero-order chi connectivity index (χ0) is 17.5. The summed E-state index contributed by atoms with van der Waals surface area (Å²) >= 11 is 9.46. The Hall–Kier alpha value is -1.34. The maximum atomic E-state index is 12.1. The van der Waals surface area contributed by atoms with E-state index in [1.54, 1.807) is 11.0 Å². The van der Waals surface area contributed by atoms with Crippen LogP contribution in [0.2, 0.25) is 5.15 Å². The van der Waals surface area contributed by atoms with Crippen LogP contribution in [0.4, 0.5) is 4.79 Å². The van der Waals surface area contributed by atoms with E-state index in [-0.39, 0.29) is 12.1 Å². The van der Waals surface area contributed by atoms with Gasteiger partial charge < -0.3 is 9.64 Å². The molecule has 1 amide bonds. The molecular weight excluding hydrogens is 396 g/mol. The number of pyridine rings is 1. The number of nitrogens with zero attached hydrogens (tertiary/aromatic N) is 4. The van der Waals surface area contributed by atoms with E-state index < -0.39 is 5.60 Å². The summed E-state index contributed by atoms with van der Waals surface area (Å²) in [5.41, 5.74) is 1.10. The Labute approximate surface area is 154 Å². The SMILES string of the molecule is CC(C)(C)OC(=O)N1CCC(n2cc3nc(Cl)cc(Br)c3n2)CC1. The van der Waals surface area contributed by atoms with Crippen LogP contribution in [0.5, 0.6) is 0 Å². The van der Waals surface area contributed by atoms with Gasteiger partial charge in [-0.25, -0.2) is 9.78 Å². The molecule has 6 nitrogen and oxygen atoms in total. The fourth-order valence-electron chi connectivity index (χ4n) is 2.78. The van der Waals surface area contributed by atoms with Crippen LogP contribution in [-0.4, -0.2) is 44.4 Å². The summed E-state index contributed by atoms with van der Waals surface area (Å²) in [6.45, 7) is 6.95. The predicted molar refractivity (Wildman–Crippen MR) is 96.3 cm³/mol. The lowest BCUT2D eigenvalue weighted by Gasteiger charge is -2.33. The quantitative estimate of drug-likeness (QED) is 0.647. The number of likely N-dealkylation sites (tertiary alicyclic amines) is 1. The minimum atomic E-state index is -0.467. The molecule has 0 atom stereocenters. The molecule has 1 aliphatic rings. The van der Waals surface area contributed by atoms with Gasteiger partial charge >= 0.3 is 6.09 Å². The molecule has 0 radical (unpaired) electrons. The highest BCUT2D eigenvalue weighted by atomic mass is 79.9. The monoisotopic (exact) mass is 414 g/mol. The first-order chi connectivity index (χ1) is 11.2. The van der Waals surface area contributed by atoms with Gasteiger partial charge in [0, 0.05) is 13.1 Å². The smallest absolute Gasteiger partial charge is 0.410 e. The second-order valence-corrected chi connectivity index (χ2v) is 8.21. The molecule has 2 aromatic rings. The molecule has 0 N–H and O–H groups in total. The van der Waals surface area contributed by atoms with Crippen LogP contribution in [-0.2, 0) is 4.74 Å². The maximum absolute atomic E-state index is 12.1. The van der Waals surface area contributed by atoms with E-state index in [0.29, 0.717) is 18.2 Å². The summed E-state index contributed by atoms with van der Waals surface area (Å²) in [5, 5.41) is 5.06. The molecule has 0 saturated carbocycles. The predicted octanol–water partition coefficient (Wildman–Crippen LogP) is 4.42. The molecule has 1 saturated heterocycles.